The quantitative estimate of drug-likeness (QED) is 0.384. The average Bonchev–Trinajstić information content (AvgIpc) is 3.21. The molecule has 0 spiro atoms. The van der Waals surface area contributed by atoms with E-state index in [2.05, 4.69) is 15.5 Å². The fourth-order valence-corrected chi connectivity index (χ4v) is 5.49. The predicted molar refractivity (Wildman–Crippen MR) is 145 cm³/mol. The Bertz CT molecular complexity index is 1270. The van der Waals surface area contributed by atoms with Gasteiger partial charge in [-0.05, 0) is 24.1 Å². The molecule has 0 aliphatic carbocycles. The molecule has 3 amide bonds. The van der Waals surface area contributed by atoms with Crippen molar-refractivity contribution in [3.63, 3.8) is 0 Å². The van der Waals surface area contributed by atoms with E-state index in [1.165, 1.54) is 0 Å². The number of halogens is 1. The van der Waals surface area contributed by atoms with Gasteiger partial charge in [0.25, 0.3) is 5.91 Å². The van der Waals surface area contributed by atoms with Crippen LogP contribution in [0.4, 0.5) is 10.1 Å². The summed E-state index contributed by atoms with van der Waals surface area (Å²) in [4.78, 5) is 41.5. The molecule has 5 rings (SSSR count). The van der Waals surface area contributed by atoms with Crippen LogP contribution in [-0.4, -0.2) is 82.8 Å². The molecule has 3 aliphatic rings. The van der Waals surface area contributed by atoms with Crippen LogP contribution in [-0.2, 0) is 32.8 Å². The molecule has 1 atom stereocenters. The van der Waals surface area contributed by atoms with E-state index >= 15 is 4.39 Å². The number of imide groups is 1. The van der Waals surface area contributed by atoms with Gasteiger partial charge in [0.1, 0.15) is 29.4 Å². The Morgan fingerprint density at radius 1 is 1.11 bits per heavy atom. The molecule has 8 nitrogen and oxygen atoms in total. The fraction of sp³-hybridized carbons (Fsp3) is 0.400. The third-order valence-corrected chi connectivity index (χ3v) is 7.84. The number of carbonyl (C=O) groups excluding carboxylic acids is 3. The molecule has 3 heterocycles. The van der Waals surface area contributed by atoms with E-state index in [1.54, 1.807) is 30.9 Å². The van der Waals surface area contributed by atoms with E-state index in [-0.39, 0.29) is 37.0 Å². The van der Waals surface area contributed by atoms with Crippen LogP contribution in [0.1, 0.15) is 39.9 Å². The van der Waals surface area contributed by atoms with Gasteiger partial charge in [-0.1, -0.05) is 24.3 Å². The van der Waals surface area contributed by atoms with Crippen molar-refractivity contribution in [2.24, 2.45) is 0 Å². The highest BCUT2D eigenvalue weighted by molar-refractivity contribution is 6.41. The molecule has 2 fully saturated rings. The van der Waals surface area contributed by atoms with Gasteiger partial charge >= 0.3 is 0 Å². The molecular formula is C25H30B3FN4O4. The molecule has 1 unspecified atom stereocenters. The first-order chi connectivity index (χ1) is 17.6. The number of fused-ring (bicyclic) bond motifs is 1. The van der Waals surface area contributed by atoms with Gasteiger partial charge in [-0.3, -0.25) is 24.6 Å². The first kappa shape index (κ1) is 25.5. The van der Waals surface area contributed by atoms with Gasteiger partial charge in [-0.15, -0.1) is 0 Å². The number of benzene rings is 2. The number of nitrogens with zero attached hydrogens (tertiary/aromatic N) is 2. The summed E-state index contributed by atoms with van der Waals surface area (Å²) in [5.74, 6) is -1.28. The number of hydrogen-bond acceptors (Lipinski definition) is 6. The molecule has 0 radical (unpaired) electrons. The number of anilines is 1. The van der Waals surface area contributed by atoms with Gasteiger partial charge < -0.3 is 15.0 Å². The molecule has 0 aromatic heterocycles. The lowest BCUT2D eigenvalue weighted by Gasteiger charge is -2.40. The summed E-state index contributed by atoms with van der Waals surface area (Å²) in [6.07, 6.45) is 0.452. The Kier molecular flexibility index (Phi) is 6.66. The summed E-state index contributed by atoms with van der Waals surface area (Å²) in [6.45, 7) is 3.60. The minimum atomic E-state index is -1.11. The largest absolute Gasteiger partial charge is 0.391 e. The van der Waals surface area contributed by atoms with E-state index < -0.39 is 16.7 Å². The van der Waals surface area contributed by atoms with E-state index in [0.29, 0.717) is 42.1 Å². The van der Waals surface area contributed by atoms with Crippen LogP contribution in [0.25, 0.3) is 0 Å². The molecule has 0 bridgehead atoms. The molecule has 2 aromatic carbocycles. The van der Waals surface area contributed by atoms with Crippen molar-refractivity contribution in [1.29, 1.82) is 0 Å². The Labute approximate surface area is 218 Å². The highest BCUT2D eigenvalue weighted by Gasteiger charge is 2.48. The summed E-state index contributed by atoms with van der Waals surface area (Å²) in [5.41, 5.74) is 2.04. The van der Waals surface area contributed by atoms with Crippen LogP contribution < -0.4 is 10.6 Å². The lowest BCUT2D eigenvalue weighted by Crippen LogP contribution is -2.63. The van der Waals surface area contributed by atoms with Crippen molar-refractivity contribution in [1.82, 2.24) is 15.1 Å². The van der Waals surface area contributed by atoms with Gasteiger partial charge in [0.15, 0.2) is 0 Å². The molecule has 37 heavy (non-hydrogen) atoms. The number of morpholine rings is 1. The first-order valence-corrected chi connectivity index (χ1v) is 12.7. The third-order valence-electron chi connectivity index (χ3n) is 7.84. The van der Waals surface area contributed by atoms with Crippen molar-refractivity contribution in [3.8, 4) is 0 Å². The number of carbonyl (C=O) groups is 3. The second-order valence-electron chi connectivity index (χ2n) is 10.8. The maximum Gasteiger partial charge on any atom is 0.254 e. The zero-order valence-electron chi connectivity index (χ0n) is 21.5. The maximum absolute atomic E-state index is 15.8. The zero-order valence-corrected chi connectivity index (χ0v) is 21.5. The number of hydrogen-bond donors (Lipinski definition) is 2. The Morgan fingerprint density at radius 2 is 1.84 bits per heavy atom. The highest BCUT2D eigenvalue weighted by atomic mass is 19.1. The van der Waals surface area contributed by atoms with E-state index in [0.717, 1.165) is 18.7 Å². The van der Waals surface area contributed by atoms with Gasteiger partial charge in [0.05, 0.1) is 18.7 Å². The van der Waals surface area contributed by atoms with Crippen molar-refractivity contribution >= 4 is 46.9 Å². The van der Waals surface area contributed by atoms with Gasteiger partial charge in [0.2, 0.25) is 11.8 Å². The SMILES string of the molecule is BC(B)(Nc1cccc2c1CN(C1(B)CCC(=O)NC1=O)C2=O)c1cccc(CN2CCOCC2)c1F. The maximum atomic E-state index is 15.8. The second kappa shape index (κ2) is 9.65. The van der Waals surface area contributed by atoms with Gasteiger partial charge in [-0.2, -0.15) is 0 Å². The highest BCUT2D eigenvalue weighted by Crippen LogP contribution is 2.37. The molecule has 3 aliphatic heterocycles. The summed E-state index contributed by atoms with van der Waals surface area (Å²) in [5, 5.41) is 5.06. The Morgan fingerprint density at radius 3 is 2.57 bits per heavy atom. The number of ether oxygens (including phenoxy) is 1. The van der Waals surface area contributed by atoms with Crippen LogP contribution >= 0.6 is 0 Å². The molecular weight excluding hydrogens is 472 g/mol. The van der Waals surface area contributed by atoms with Gasteiger partial charge in [-0.25, -0.2) is 4.39 Å². The van der Waals surface area contributed by atoms with Crippen molar-refractivity contribution in [3.05, 3.63) is 64.5 Å². The lowest BCUT2D eigenvalue weighted by atomic mass is 9.57. The number of rotatable bonds is 6. The van der Waals surface area contributed by atoms with Crippen LogP contribution in [0, 0.1) is 5.82 Å². The van der Waals surface area contributed by atoms with Crippen LogP contribution in [0.5, 0.6) is 0 Å². The lowest BCUT2D eigenvalue weighted by molar-refractivity contribution is -0.138. The average molecular weight is 502 g/mol. The molecule has 2 saturated heterocycles. The summed E-state index contributed by atoms with van der Waals surface area (Å²) in [6, 6.07) is 10.9. The third kappa shape index (κ3) is 4.68. The number of amides is 3. The van der Waals surface area contributed by atoms with Crippen molar-refractivity contribution in [2.75, 3.05) is 31.6 Å². The Hall–Kier alpha value is -3.11. The fourth-order valence-electron chi connectivity index (χ4n) is 5.49. The van der Waals surface area contributed by atoms with Crippen LogP contribution in [0.15, 0.2) is 36.4 Å². The van der Waals surface area contributed by atoms with Crippen molar-refractivity contribution in [2.45, 2.75) is 36.7 Å². The normalized spacial score (nSPS) is 22.6. The smallest absolute Gasteiger partial charge is 0.254 e. The van der Waals surface area contributed by atoms with E-state index in [1.807, 2.05) is 33.9 Å². The van der Waals surface area contributed by atoms with E-state index in [4.69, 9.17) is 4.74 Å². The van der Waals surface area contributed by atoms with Crippen LogP contribution in [0.3, 0.4) is 0 Å². The first-order valence-electron chi connectivity index (χ1n) is 12.7. The minimum absolute atomic E-state index is 0.181. The minimum Gasteiger partial charge on any atom is -0.391 e. The molecule has 2 aromatic rings. The zero-order chi connectivity index (χ0) is 26.4. The second-order valence-corrected chi connectivity index (χ2v) is 10.8. The standard InChI is InChI=1S/C25H30B3FN4O4/c26-24(8-7-20(34)30-23(24)36)33-14-17-16(22(33)35)4-2-6-19(17)31-25(27,28)18-5-1-3-15(21(18)29)13-32-9-11-37-12-10-32/h1-6,31H,7-14,26-28H2,(H,30,34,36). The molecule has 190 valence electrons. The predicted octanol–water partition coefficient (Wildman–Crippen LogP) is -1.13. The van der Waals surface area contributed by atoms with E-state index in [9.17, 15) is 14.4 Å². The summed E-state index contributed by atoms with van der Waals surface area (Å²) in [7, 11) is 5.53. The van der Waals surface area contributed by atoms with Gasteiger partial charge in [0, 0.05) is 60.3 Å². The Balaban J connectivity index is 1.40. The summed E-state index contributed by atoms with van der Waals surface area (Å²) < 4.78 is 21.2. The number of nitrogens with one attached hydrogen (secondary N) is 2. The monoisotopic (exact) mass is 502 g/mol. The summed E-state index contributed by atoms with van der Waals surface area (Å²) >= 11 is 0. The number of piperidine rings is 1. The van der Waals surface area contributed by atoms with Crippen LogP contribution in [0.2, 0.25) is 0 Å². The molecule has 12 heteroatoms. The molecule has 0 saturated carbocycles. The van der Waals surface area contributed by atoms with Crippen molar-refractivity contribution < 1.29 is 23.5 Å². The topological polar surface area (TPSA) is 91.0 Å². The molecule has 2 N–H and O–H groups in total.